The van der Waals surface area contributed by atoms with Crippen LogP contribution in [-0.4, -0.2) is 13.7 Å². The summed E-state index contributed by atoms with van der Waals surface area (Å²) in [5.41, 5.74) is 14.0. The molecule has 1 atom stereocenters. The van der Waals surface area contributed by atoms with Gasteiger partial charge in [0.2, 0.25) is 0 Å². The van der Waals surface area contributed by atoms with E-state index in [1.165, 1.54) is 44.2 Å². The van der Waals surface area contributed by atoms with E-state index >= 15 is 4.57 Å². The maximum Gasteiger partial charge on any atom is 0.171 e. The summed E-state index contributed by atoms with van der Waals surface area (Å²) in [7, 11) is -3.39. The van der Waals surface area contributed by atoms with Crippen molar-refractivity contribution in [3.8, 4) is 17.1 Å². The van der Waals surface area contributed by atoms with Crippen molar-refractivity contribution >= 4 is 88.5 Å². The number of rotatable bonds is 6. The summed E-state index contributed by atoms with van der Waals surface area (Å²) in [5, 5.41) is 9.29. The van der Waals surface area contributed by atoms with Crippen molar-refractivity contribution in [2.75, 3.05) is 0 Å². The molecule has 0 fully saturated rings. The molecule has 4 nitrogen and oxygen atoms in total. The predicted molar refractivity (Wildman–Crippen MR) is 263 cm³/mol. The second-order valence-corrected chi connectivity index (χ2v) is 19.5. The summed E-state index contributed by atoms with van der Waals surface area (Å²) in [6.45, 7) is 6.61. The molecule has 0 aliphatic rings. The van der Waals surface area contributed by atoms with Crippen LogP contribution >= 0.6 is 7.14 Å². The number of fused-ring (bicyclic) bond motifs is 9. The highest BCUT2D eigenvalue weighted by atomic mass is 31.2. The number of benzene rings is 9. The normalized spacial score (nSPS) is 13.0. The second kappa shape index (κ2) is 13.8. The van der Waals surface area contributed by atoms with Crippen LogP contribution in [0.15, 0.2) is 200 Å². The largest absolute Gasteiger partial charge is 0.309 e. The molecule has 0 amide bonds. The molecule has 0 radical (unpaired) electrons. The van der Waals surface area contributed by atoms with Crippen LogP contribution in [0, 0.1) is 20.8 Å². The van der Waals surface area contributed by atoms with Gasteiger partial charge in [-0.3, -0.25) is 0 Å². The van der Waals surface area contributed by atoms with E-state index in [9.17, 15) is 0 Å². The van der Waals surface area contributed by atoms with Crippen LogP contribution < -0.4 is 15.9 Å². The van der Waals surface area contributed by atoms with Crippen LogP contribution in [0.1, 0.15) is 16.7 Å². The van der Waals surface area contributed by atoms with Crippen molar-refractivity contribution in [1.82, 2.24) is 13.7 Å². The van der Waals surface area contributed by atoms with Gasteiger partial charge < -0.3 is 18.3 Å². The van der Waals surface area contributed by atoms with Gasteiger partial charge in [0.05, 0.1) is 38.8 Å². The van der Waals surface area contributed by atoms with Gasteiger partial charge in [-0.2, -0.15) is 0 Å². The number of para-hydroxylation sites is 4. The first kappa shape index (κ1) is 36.5. The van der Waals surface area contributed by atoms with Crippen LogP contribution in [0.2, 0.25) is 0 Å². The van der Waals surface area contributed by atoms with Crippen molar-refractivity contribution in [1.29, 1.82) is 0 Å². The summed E-state index contributed by atoms with van der Waals surface area (Å²) in [5.74, 6) is 0. The van der Waals surface area contributed by atoms with Gasteiger partial charge >= 0.3 is 0 Å². The maximum absolute atomic E-state index is 16.4. The number of aromatic nitrogens is 3. The molecule has 0 saturated heterocycles. The standard InChI is InChI=1S/C57H42N3OP/c1-37-32-38(2)57(39(3)33-37)60-53-25-15-12-20-45(53)48-34-41(26-29-56(48)60)59-52-24-14-11-22-47(52)50-36-44(28-31-55(50)59)62(61,42-18-8-5-9-19-42)43-27-30-54-49(35-43)46-21-10-13-23-51(46)58(54)40-16-6-4-7-17-40/h4-36H,1-3H3. The Morgan fingerprint density at radius 2 is 0.726 bits per heavy atom. The van der Waals surface area contributed by atoms with E-state index in [1.54, 1.807) is 0 Å². The lowest BCUT2D eigenvalue weighted by molar-refractivity contribution is 0.592. The van der Waals surface area contributed by atoms with Crippen LogP contribution in [0.5, 0.6) is 0 Å². The van der Waals surface area contributed by atoms with Crippen LogP contribution in [0.25, 0.3) is 82.5 Å². The Labute approximate surface area is 359 Å². The number of nitrogens with zero attached hydrogens (tertiary/aromatic N) is 3. The third-order valence-corrected chi connectivity index (χ3v) is 16.0. The lowest BCUT2D eigenvalue weighted by atomic mass is 10.0. The van der Waals surface area contributed by atoms with Gasteiger partial charge in [0.15, 0.2) is 7.14 Å². The van der Waals surface area contributed by atoms with E-state index in [1.807, 2.05) is 36.4 Å². The van der Waals surface area contributed by atoms with Crippen molar-refractivity contribution in [2.24, 2.45) is 0 Å². The third-order valence-electron chi connectivity index (χ3n) is 12.9. The van der Waals surface area contributed by atoms with Crippen molar-refractivity contribution in [2.45, 2.75) is 20.8 Å². The minimum absolute atomic E-state index is 0.813. The van der Waals surface area contributed by atoms with Crippen LogP contribution in [-0.2, 0) is 4.57 Å². The van der Waals surface area contributed by atoms with Gasteiger partial charge in [-0.05, 0) is 117 Å². The predicted octanol–water partition coefficient (Wildman–Crippen LogP) is 13.5. The first-order valence-corrected chi connectivity index (χ1v) is 23.0. The fourth-order valence-electron chi connectivity index (χ4n) is 10.4. The molecule has 5 heteroatoms. The first-order chi connectivity index (χ1) is 30.4. The molecule has 0 spiro atoms. The summed E-state index contributed by atoms with van der Waals surface area (Å²) in [4.78, 5) is 0. The van der Waals surface area contributed by atoms with Gasteiger partial charge in [0, 0.05) is 59.6 Å². The van der Waals surface area contributed by atoms with Crippen LogP contribution in [0.4, 0.5) is 0 Å². The molecule has 3 heterocycles. The van der Waals surface area contributed by atoms with E-state index < -0.39 is 7.14 Å². The SMILES string of the molecule is Cc1cc(C)c(-n2c3ccccc3c3cc(-n4c5ccccc5c5cc(P(=O)(c6ccccc6)c6ccc7c(c6)c6ccccc6n7-c6ccccc6)ccc54)ccc32)c(C)c1. The Bertz CT molecular complexity index is 3790. The minimum atomic E-state index is -3.39. The molecule has 296 valence electrons. The van der Waals surface area contributed by atoms with Crippen molar-refractivity contribution in [3.63, 3.8) is 0 Å². The zero-order chi connectivity index (χ0) is 41.7. The summed E-state index contributed by atoms with van der Waals surface area (Å²) >= 11 is 0. The van der Waals surface area contributed by atoms with Crippen molar-refractivity contribution < 1.29 is 4.57 Å². The molecule has 0 N–H and O–H groups in total. The molecule has 12 rings (SSSR count). The number of aryl methyl sites for hydroxylation is 3. The van der Waals surface area contributed by atoms with Gasteiger partial charge in [0.1, 0.15) is 0 Å². The molecule has 0 bridgehead atoms. The van der Waals surface area contributed by atoms with Gasteiger partial charge in [-0.15, -0.1) is 0 Å². The molecule has 1 unspecified atom stereocenters. The highest BCUT2D eigenvalue weighted by molar-refractivity contribution is 7.85. The van der Waals surface area contributed by atoms with E-state index in [0.717, 1.165) is 70.9 Å². The fraction of sp³-hybridized carbons (Fsp3) is 0.0526. The summed E-state index contributed by atoms with van der Waals surface area (Å²) in [6.07, 6.45) is 0. The monoisotopic (exact) mass is 815 g/mol. The van der Waals surface area contributed by atoms with Gasteiger partial charge in [-0.1, -0.05) is 121 Å². The Morgan fingerprint density at radius 1 is 0.323 bits per heavy atom. The quantitative estimate of drug-likeness (QED) is 0.154. The average Bonchev–Trinajstić information content (AvgIpc) is 3.94. The zero-order valence-corrected chi connectivity index (χ0v) is 35.6. The van der Waals surface area contributed by atoms with Crippen LogP contribution in [0.3, 0.4) is 0 Å². The number of hydrogen-bond acceptors (Lipinski definition) is 1. The molecular weight excluding hydrogens is 774 g/mol. The summed E-state index contributed by atoms with van der Waals surface area (Å²) < 4.78 is 23.5. The second-order valence-electron chi connectivity index (χ2n) is 16.7. The molecule has 62 heavy (non-hydrogen) atoms. The third kappa shape index (κ3) is 5.30. The van der Waals surface area contributed by atoms with Gasteiger partial charge in [0.25, 0.3) is 0 Å². The fourth-order valence-corrected chi connectivity index (χ4v) is 13.1. The molecule has 3 aromatic heterocycles. The van der Waals surface area contributed by atoms with E-state index in [4.69, 9.17) is 0 Å². The lowest BCUT2D eigenvalue weighted by Crippen LogP contribution is -2.25. The summed E-state index contributed by atoms with van der Waals surface area (Å²) in [6, 6.07) is 70.8. The maximum atomic E-state index is 16.4. The molecule has 0 saturated carbocycles. The zero-order valence-electron chi connectivity index (χ0n) is 34.7. The van der Waals surface area contributed by atoms with Crippen molar-refractivity contribution in [3.05, 3.63) is 217 Å². The van der Waals surface area contributed by atoms with E-state index in [2.05, 4.69) is 198 Å². The van der Waals surface area contributed by atoms with E-state index in [-0.39, 0.29) is 0 Å². The average molecular weight is 816 g/mol. The highest BCUT2D eigenvalue weighted by Crippen LogP contribution is 2.46. The lowest BCUT2D eigenvalue weighted by Gasteiger charge is -2.21. The molecule has 0 aliphatic heterocycles. The molecule has 9 aromatic carbocycles. The molecule has 0 aliphatic carbocycles. The highest BCUT2D eigenvalue weighted by Gasteiger charge is 2.32. The first-order valence-electron chi connectivity index (χ1n) is 21.3. The Morgan fingerprint density at radius 3 is 1.27 bits per heavy atom. The Balaban J connectivity index is 1.07. The van der Waals surface area contributed by atoms with E-state index in [0.29, 0.717) is 0 Å². The Hall–Kier alpha value is -7.39. The smallest absolute Gasteiger partial charge is 0.171 e. The Kier molecular flexibility index (Phi) is 8.13. The molecule has 12 aromatic rings. The number of hydrogen-bond donors (Lipinski definition) is 0. The molecular formula is C57H42N3OP. The topological polar surface area (TPSA) is 31.9 Å². The van der Waals surface area contributed by atoms with Gasteiger partial charge in [-0.25, -0.2) is 0 Å². The minimum Gasteiger partial charge on any atom is -0.309 e.